The number of halogens is 1. The summed E-state index contributed by atoms with van der Waals surface area (Å²) in [6.45, 7) is 5.65. The van der Waals surface area contributed by atoms with Gasteiger partial charge in [-0.05, 0) is 95.4 Å². The van der Waals surface area contributed by atoms with Crippen LogP contribution in [0.5, 0.6) is 0 Å². The summed E-state index contributed by atoms with van der Waals surface area (Å²) in [7, 11) is 0. The van der Waals surface area contributed by atoms with E-state index in [9.17, 15) is 4.79 Å². The highest BCUT2D eigenvalue weighted by atomic mass is 35.5. The summed E-state index contributed by atoms with van der Waals surface area (Å²) in [5.41, 5.74) is 5.40. The first-order valence-corrected chi connectivity index (χ1v) is 14.1. The van der Waals surface area contributed by atoms with Crippen LogP contribution in [0.25, 0.3) is 17.0 Å². The average molecular weight is 546 g/mol. The average Bonchev–Trinajstić information content (AvgIpc) is 3.34. The van der Waals surface area contributed by atoms with Gasteiger partial charge in [0.15, 0.2) is 5.65 Å². The Labute approximate surface area is 235 Å². The van der Waals surface area contributed by atoms with Gasteiger partial charge in [-0.15, -0.1) is 0 Å². The number of benzene rings is 1. The van der Waals surface area contributed by atoms with E-state index in [4.69, 9.17) is 31.3 Å². The van der Waals surface area contributed by atoms with Crippen LogP contribution in [-0.4, -0.2) is 37.1 Å². The minimum atomic E-state index is -0.484. The van der Waals surface area contributed by atoms with Crippen molar-refractivity contribution >= 4 is 23.3 Å². The molecular formula is C31H36ClN5O2. The minimum absolute atomic E-state index is 0.161. The maximum atomic E-state index is 12.1. The van der Waals surface area contributed by atoms with E-state index in [-0.39, 0.29) is 12.1 Å². The van der Waals surface area contributed by atoms with Gasteiger partial charge in [-0.25, -0.2) is 9.78 Å². The van der Waals surface area contributed by atoms with Crippen LogP contribution in [-0.2, 0) is 24.0 Å². The summed E-state index contributed by atoms with van der Waals surface area (Å²) in [5.74, 6) is 0.506. The molecule has 0 aliphatic heterocycles. The Morgan fingerprint density at radius 1 is 1.05 bits per heavy atom. The standard InChI is InChI=1S/C31H36ClN5O2/c1-31(2,3)39-30(38)36-24-14-11-21(12-15-24)19-27-29-34-20-28(37(29)18-17-33-27)26-10-6-8-23(35-26)16-13-22-7-4-5-9-25(22)32/h4-10,17-18,20-21,24H,11-16,19H2,1-3H3,(H,36,38). The van der Waals surface area contributed by atoms with Crippen LogP contribution in [0.1, 0.15) is 63.4 Å². The van der Waals surface area contributed by atoms with Crippen LogP contribution in [0.3, 0.4) is 0 Å². The molecule has 1 aliphatic carbocycles. The smallest absolute Gasteiger partial charge is 0.407 e. The Kier molecular flexibility index (Phi) is 8.17. The summed E-state index contributed by atoms with van der Waals surface area (Å²) < 4.78 is 7.51. The SMILES string of the molecule is CC(C)(C)OC(=O)NC1CCC(Cc2nccn3c(-c4cccc(CCc5ccccc5Cl)n4)cnc23)CC1. The Bertz CT molecular complexity index is 1440. The molecule has 0 spiro atoms. The lowest BCUT2D eigenvalue weighted by molar-refractivity contribution is 0.0487. The fourth-order valence-electron chi connectivity index (χ4n) is 5.29. The summed E-state index contributed by atoms with van der Waals surface area (Å²) in [4.78, 5) is 26.5. The number of aryl methyl sites for hydroxylation is 2. The first-order chi connectivity index (χ1) is 18.7. The molecule has 5 rings (SSSR count). The molecule has 1 N–H and O–H groups in total. The zero-order valence-corrected chi connectivity index (χ0v) is 23.6. The van der Waals surface area contributed by atoms with Crippen LogP contribution in [0.4, 0.5) is 4.79 Å². The van der Waals surface area contributed by atoms with E-state index < -0.39 is 5.60 Å². The van der Waals surface area contributed by atoms with Crippen LogP contribution >= 0.6 is 11.6 Å². The molecule has 39 heavy (non-hydrogen) atoms. The second-order valence-corrected chi connectivity index (χ2v) is 11.8. The molecule has 1 fully saturated rings. The molecule has 8 heteroatoms. The second kappa shape index (κ2) is 11.7. The molecule has 4 aromatic rings. The van der Waals surface area contributed by atoms with Crippen molar-refractivity contribution in [3.8, 4) is 11.4 Å². The minimum Gasteiger partial charge on any atom is -0.444 e. The molecular weight excluding hydrogens is 510 g/mol. The van der Waals surface area contributed by atoms with Crippen LogP contribution in [0, 0.1) is 5.92 Å². The number of alkyl carbamates (subject to hydrolysis) is 1. The van der Waals surface area contributed by atoms with Gasteiger partial charge in [-0.2, -0.15) is 0 Å². The van der Waals surface area contributed by atoms with Gasteiger partial charge in [-0.3, -0.25) is 14.4 Å². The number of pyridine rings is 1. The number of amides is 1. The van der Waals surface area contributed by atoms with Gasteiger partial charge >= 0.3 is 6.09 Å². The van der Waals surface area contributed by atoms with Crippen molar-refractivity contribution in [2.24, 2.45) is 5.92 Å². The summed E-state index contributed by atoms with van der Waals surface area (Å²) in [6.07, 6.45) is 11.8. The number of nitrogens with zero attached hydrogens (tertiary/aromatic N) is 4. The van der Waals surface area contributed by atoms with Crippen molar-refractivity contribution in [3.63, 3.8) is 0 Å². The molecule has 7 nitrogen and oxygen atoms in total. The fraction of sp³-hybridized carbons (Fsp3) is 0.419. The van der Waals surface area contributed by atoms with Gasteiger partial charge in [0.25, 0.3) is 0 Å². The Morgan fingerprint density at radius 2 is 1.85 bits per heavy atom. The maximum absolute atomic E-state index is 12.1. The Balaban J connectivity index is 1.23. The van der Waals surface area contributed by atoms with Gasteiger partial charge in [0.2, 0.25) is 0 Å². The molecule has 0 saturated heterocycles. The van der Waals surface area contributed by atoms with Gasteiger partial charge in [0.05, 0.1) is 23.3 Å². The Morgan fingerprint density at radius 3 is 2.62 bits per heavy atom. The first-order valence-electron chi connectivity index (χ1n) is 13.8. The van der Waals surface area contributed by atoms with E-state index >= 15 is 0 Å². The van der Waals surface area contributed by atoms with E-state index in [0.717, 1.165) is 84.0 Å². The van der Waals surface area contributed by atoms with Crippen molar-refractivity contribution in [1.82, 2.24) is 24.7 Å². The second-order valence-electron chi connectivity index (χ2n) is 11.4. The predicted molar refractivity (Wildman–Crippen MR) is 154 cm³/mol. The van der Waals surface area contributed by atoms with Crippen LogP contribution in [0.2, 0.25) is 5.02 Å². The zero-order chi connectivity index (χ0) is 27.4. The lowest BCUT2D eigenvalue weighted by Gasteiger charge is -2.30. The third-order valence-corrected chi connectivity index (χ3v) is 7.60. The van der Waals surface area contributed by atoms with Gasteiger partial charge in [0, 0.05) is 29.2 Å². The highest BCUT2D eigenvalue weighted by Crippen LogP contribution is 2.29. The number of ether oxygens (including phenoxy) is 1. The number of nitrogens with one attached hydrogen (secondary N) is 1. The molecule has 204 valence electrons. The number of aromatic nitrogens is 4. The number of hydrogen-bond donors (Lipinski definition) is 1. The molecule has 0 atom stereocenters. The van der Waals surface area contributed by atoms with E-state index in [1.165, 1.54) is 0 Å². The molecule has 3 aromatic heterocycles. The molecule has 1 aromatic carbocycles. The fourth-order valence-corrected chi connectivity index (χ4v) is 5.52. The molecule has 0 radical (unpaired) electrons. The van der Waals surface area contributed by atoms with Crippen molar-refractivity contribution in [2.45, 2.75) is 77.4 Å². The predicted octanol–water partition coefficient (Wildman–Crippen LogP) is 6.86. The van der Waals surface area contributed by atoms with E-state index in [2.05, 4.69) is 27.9 Å². The number of rotatable bonds is 7. The van der Waals surface area contributed by atoms with Gasteiger partial charge < -0.3 is 10.1 Å². The van der Waals surface area contributed by atoms with Crippen molar-refractivity contribution in [3.05, 3.63) is 83.0 Å². The number of carbonyl (C=O) groups excluding carboxylic acids is 1. The number of carbonyl (C=O) groups is 1. The lowest BCUT2D eigenvalue weighted by Crippen LogP contribution is -2.41. The normalized spacial score (nSPS) is 17.7. The van der Waals surface area contributed by atoms with Gasteiger partial charge in [0.1, 0.15) is 5.60 Å². The maximum Gasteiger partial charge on any atom is 0.407 e. The van der Waals surface area contributed by atoms with Crippen LogP contribution in [0.15, 0.2) is 61.1 Å². The van der Waals surface area contributed by atoms with Gasteiger partial charge in [-0.1, -0.05) is 35.9 Å². The summed E-state index contributed by atoms with van der Waals surface area (Å²) in [6, 6.07) is 14.3. The first kappa shape index (κ1) is 27.1. The number of imidazole rings is 1. The molecule has 3 heterocycles. The third kappa shape index (κ3) is 6.95. The van der Waals surface area contributed by atoms with Crippen LogP contribution < -0.4 is 5.32 Å². The van der Waals surface area contributed by atoms with E-state index in [1.807, 2.05) is 63.6 Å². The third-order valence-electron chi connectivity index (χ3n) is 7.23. The summed E-state index contributed by atoms with van der Waals surface area (Å²) in [5, 5.41) is 3.82. The zero-order valence-electron chi connectivity index (χ0n) is 22.9. The lowest BCUT2D eigenvalue weighted by atomic mass is 9.83. The largest absolute Gasteiger partial charge is 0.444 e. The Hall–Kier alpha value is -3.45. The molecule has 1 amide bonds. The molecule has 0 unspecified atom stereocenters. The van der Waals surface area contributed by atoms with E-state index in [1.54, 1.807) is 0 Å². The summed E-state index contributed by atoms with van der Waals surface area (Å²) >= 11 is 6.34. The quantitative estimate of drug-likeness (QED) is 0.274. The topological polar surface area (TPSA) is 81.4 Å². The van der Waals surface area contributed by atoms with E-state index in [0.29, 0.717) is 5.92 Å². The van der Waals surface area contributed by atoms with Crippen molar-refractivity contribution in [2.75, 3.05) is 0 Å². The highest BCUT2D eigenvalue weighted by Gasteiger charge is 2.26. The number of fused-ring (bicyclic) bond motifs is 1. The highest BCUT2D eigenvalue weighted by molar-refractivity contribution is 6.31. The molecule has 1 saturated carbocycles. The van der Waals surface area contributed by atoms with Crippen molar-refractivity contribution in [1.29, 1.82) is 0 Å². The molecule has 0 bridgehead atoms. The molecule has 1 aliphatic rings. The monoisotopic (exact) mass is 545 g/mol. The number of hydrogen-bond acceptors (Lipinski definition) is 5. The van der Waals surface area contributed by atoms with Crippen molar-refractivity contribution < 1.29 is 9.53 Å².